The van der Waals surface area contributed by atoms with Crippen LogP contribution >= 0.6 is 15.9 Å². The minimum absolute atomic E-state index is 0.105. The Morgan fingerprint density at radius 2 is 1.70 bits per heavy atom. The van der Waals surface area contributed by atoms with Gasteiger partial charge in [-0.15, -0.1) is 0 Å². The molecule has 1 aromatic rings. The molecule has 0 aliphatic heterocycles. The van der Waals surface area contributed by atoms with E-state index in [1.54, 1.807) is 35.6 Å². The topological polar surface area (TPSA) is 49.4 Å². The molecule has 0 unspecified atom stereocenters. The first-order valence-corrected chi connectivity index (χ1v) is 9.09. The maximum absolute atomic E-state index is 12.6. The second kappa shape index (κ2) is 6.56. The highest BCUT2D eigenvalue weighted by molar-refractivity contribution is 9.10. The predicted octanol–water partition coefficient (Wildman–Crippen LogP) is 2.60. The van der Waals surface area contributed by atoms with Crippen molar-refractivity contribution in [1.29, 1.82) is 0 Å². The maximum atomic E-state index is 12.6. The summed E-state index contributed by atoms with van der Waals surface area (Å²) in [5.41, 5.74) is 0. The van der Waals surface area contributed by atoms with Crippen LogP contribution in [0.15, 0.2) is 33.6 Å². The van der Waals surface area contributed by atoms with E-state index in [2.05, 4.69) is 21.2 Å². The van der Waals surface area contributed by atoms with E-state index in [-0.39, 0.29) is 6.04 Å². The molecular formula is C14H21BrN2O2S. The second-order valence-electron chi connectivity index (χ2n) is 5.27. The Labute approximate surface area is 129 Å². The van der Waals surface area contributed by atoms with Crippen LogP contribution < -0.4 is 5.32 Å². The molecule has 20 heavy (non-hydrogen) atoms. The minimum atomic E-state index is -3.39. The number of nitrogens with one attached hydrogen (secondary N) is 1. The summed E-state index contributed by atoms with van der Waals surface area (Å²) in [6.07, 6.45) is 3.89. The highest BCUT2D eigenvalue weighted by atomic mass is 79.9. The van der Waals surface area contributed by atoms with Gasteiger partial charge in [-0.25, -0.2) is 8.42 Å². The lowest BCUT2D eigenvalue weighted by molar-refractivity contribution is 0.255. The molecule has 1 saturated carbocycles. The van der Waals surface area contributed by atoms with Gasteiger partial charge in [-0.05, 0) is 57.0 Å². The van der Waals surface area contributed by atoms with Gasteiger partial charge in [-0.3, -0.25) is 0 Å². The summed E-state index contributed by atoms with van der Waals surface area (Å²) in [6, 6.07) is 7.45. The fourth-order valence-electron chi connectivity index (χ4n) is 2.70. The molecular weight excluding hydrogens is 340 g/mol. The second-order valence-corrected chi connectivity index (χ2v) is 8.18. The van der Waals surface area contributed by atoms with E-state index < -0.39 is 10.0 Å². The van der Waals surface area contributed by atoms with Crippen LogP contribution in [0, 0.1) is 0 Å². The molecule has 0 radical (unpaired) electrons. The standard InChI is InChI=1S/C14H21BrN2O2S/c1-16-12-5-7-13(8-6-12)17(2)20(18,19)14-9-3-11(15)4-10-14/h3-4,9-10,12-13,16H,5-8H2,1-2H3. The highest BCUT2D eigenvalue weighted by Gasteiger charge is 2.30. The molecule has 0 heterocycles. The monoisotopic (exact) mass is 360 g/mol. The number of rotatable bonds is 4. The molecule has 0 spiro atoms. The van der Waals surface area contributed by atoms with Gasteiger partial charge in [-0.2, -0.15) is 4.31 Å². The third kappa shape index (κ3) is 3.42. The quantitative estimate of drug-likeness (QED) is 0.897. The number of hydrogen-bond acceptors (Lipinski definition) is 3. The molecule has 0 atom stereocenters. The molecule has 1 aliphatic carbocycles. The van der Waals surface area contributed by atoms with Crippen LogP contribution in [-0.4, -0.2) is 38.9 Å². The Balaban J connectivity index is 2.11. The number of benzene rings is 1. The summed E-state index contributed by atoms with van der Waals surface area (Å²) in [6.45, 7) is 0. The SMILES string of the molecule is CNC1CCC(N(C)S(=O)(=O)c2ccc(Br)cc2)CC1. The Kier molecular flexibility index (Phi) is 5.23. The average Bonchev–Trinajstić information content (AvgIpc) is 2.47. The largest absolute Gasteiger partial charge is 0.317 e. The summed E-state index contributed by atoms with van der Waals surface area (Å²) in [5.74, 6) is 0. The lowest BCUT2D eigenvalue weighted by atomic mass is 9.91. The zero-order chi connectivity index (χ0) is 14.8. The summed E-state index contributed by atoms with van der Waals surface area (Å²) in [5, 5.41) is 3.27. The van der Waals surface area contributed by atoms with Crippen molar-refractivity contribution >= 4 is 26.0 Å². The molecule has 6 heteroatoms. The molecule has 0 aromatic heterocycles. The summed E-state index contributed by atoms with van der Waals surface area (Å²) < 4.78 is 27.6. The Bertz CT molecular complexity index is 537. The molecule has 1 aromatic carbocycles. The van der Waals surface area contributed by atoms with E-state index in [9.17, 15) is 8.42 Å². The third-order valence-electron chi connectivity index (χ3n) is 4.11. The van der Waals surface area contributed by atoms with Crippen LogP contribution in [0.2, 0.25) is 0 Å². The fraction of sp³-hybridized carbons (Fsp3) is 0.571. The van der Waals surface area contributed by atoms with Crippen LogP contribution in [0.25, 0.3) is 0 Å². The highest BCUT2D eigenvalue weighted by Crippen LogP contribution is 2.27. The van der Waals surface area contributed by atoms with Crippen molar-refractivity contribution in [3.63, 3.8) is 0 Å². The number of nitrogens with zero attached hydrogens (tertiary/aromatic N) is 1. The first-order chi connectivity index (χ1) is 9.45. The summed E-state index contributed by atoms with van der Waals surface area (Å²) in [4.78, 5) is 0.360. The Morgan fingerprint density at radius 1 is 1.15 bits per heavy atom. The zero-order valence-electron chi connectivity index (χ0n) is 11.8. The van der Waals surface area contributed by atoms with E-state index in [1.807, 2.05) is 7.05 Å². The molecule has 0 bridgehead atoms. The van der Waals surface area contributed by atoms with Crippen molar-refractivity contribution in [2.75, 3.05) is 14.1 Å². The molecule has 0 saturated heterocycles. The van der Waals surface area contributed by atoms with E-state index in [4.69, 9.17) is 0 Å². The molecule has 2 rings (SSSR count). The first-order valence-electron chi connectivity index (χ1n) is 6.86. The summed E-state index contributed by atoms with van der Waals surface area (Å²) >= 11 is 3.32. The van der Waals surface area contributed by atoms with Crippen molar-refractivity contribution in [2.45, 2.75) is 42.7 Å². The minimum Gasteiger partial charge on any atom is -0.317 e. The third-order valence-corrected chi connectivity index (χ3v) is 6.56. The van der Waals surface area contributed by atoms with Gasteiger partial charge in [0.25, 0.3) is 0 Å². The van der Waals surface area contributed by atoms with Crippen molar-refractivity contribution in [3.8, 4) is 0 Å². The van der Waals surface area contributed by atoms with Crippen LogP contribution in [0.4, 0.5) is 0 Å². The molecule has 0 amide bonds. The number of sulfonamides is 1. The Hall–Kier alpha value is -0.430. The van der Waals surface area contributed by atoms with Gasteiger partial charge in [0.15, 0.2) is 0 Å². The van der Waals surface area contributed by atoms with Gasteiger partial charge >= 0.3 is 0 Å². The van der Waals surface area contributed by atoms with Gasteiger partial charge < -0.3 is 5.32 Å². The smallest absolute Gasteiger partial charge is 0.243 e. The van der Waals surface area contributed by atoms with Gasteiger partial charge in [-0.1, -0.05) is 15.9 Å². The first kappa shape index (κ1) is 15.9. The van der Waals surface area contributed by atoms with Crippen LogP contribution in [0.1, 0.15) is 25.7 Å². The van der Waals surface area contributed by atoms with E-state index in [1.165, 1.54) is 0 Å². The van der Waals surface area contributed by atoms with Gasteiger partial charge in [0.1, 0.15) is 0 Å². The zero-order valence-corrected chi connectivity index (χ0v) is 14.2. The molecule has 1 aliphatic rings. The lowest BCUT2D eigenvalue weighted by Gasteiger charge is -2.33. The van der Waals surface area contributed by atoms with E-state index >= 15 is 0 Å². The number of hydrogen-bond donors (Lipinski definition) is 1. The van der Waals surface area contributed by atoms with Gasteiger partial charge in [0.05, 0.1) is 4.90 Å². The molecule has 1 N–H and O–H groups in total. The lowest BCUT2D eigenvalue weighted by Crippen LogP contribution is -2.42. The number of halogens is 1. The average molecular weight is 361 g/mol. The van der Waals surface area contributed by atoms with Crippen LogP contribution in [-0.2, 0) is 10.0 Å². The van der Waals surface area contributed by atoms with E-state index in [0.717, 1.165) is 30.2 Å². The van der Waals surface area contributed by atoms with Crippen LogP contribution in [0.3, 0.4) is 0 Å². The van der Waals surface area contributed by atoms with Crippen LogP contribution in [0.5, 0.6) is 0 Å². The van der Waals surface area contributed by atoms with Crippen molar-refractivity contribution in [3.05, 3.63) is 28.7 Å². The normalized spacial score (nSPS) is 24.0. The van der Waals surface area contributed by atoms with Crippen molar-refractivity contribution in [2.24, 2.45) is 0 Å². The predicted molar refractivity (Wildman–Crippen MR) is 84.2 cm³/mol. The van der Waals surface area contributed by atoms with E-state index in [0.29, 0.717) is 10.9 Å². The van der Waals surface area contributed by atoms with Gasteiger partial charge in [0, 0.05) is 23.6 Å². The van der Waals surface area contributed by atoms with Crippen molar-refractivity contribution < 1.29 is 8.42 Å². The molecule has 4 nitrogen and oxygen atoms in total. The summed E-state index contributed by atoms with van der Waals surface area (Å²) in [7, 11) is 0.274. The fourth-order valence-corrected chi connectivity index (χ4v) is 4.38. The molecule has 112 valence electrons. The van der Waals surface area contributed by atoms with Crippen molar-refractivity contribution in [1.82, 2.24) is 9.62 Å². The Morgan fingerprint density at radius 3 is 2.20 bits per heavy atom. The van der Waals surface area contributed by atoms with Gasteiger partial charge in [0.2, 0.25) is 10.0 Å². The maximum Gasteiger partial charge on any atom is 0.243 e. The molecule has 1 fully saturated rings.